The Morgan fingerprint density at radius 1 is 0.983 bits per heavy atom. The van der Waals surface area contributed by atoms with Crippen molar-refractivity contribution in [1.29, 1.82) is 0 Å². The number of aliphatic hydroxyl groups is 1. The first-order chi connectivity index (χ1) is 27.1. The first-order valence-corrected chi connectivity index (χ1v) is 21.5. The van der Waals surface area contributed by atoms with E-state index in [0.717, 1.165) is 68.5 Å². The summed E-state index contributed by atoms with van der Waals surface area (Å²) in [5, 5.41) is 34.7. The number of carboxylic acid groups (broad SMARTS) is 1. The van der Waals surface area contributed by atoms with E-state index in [1.54, 1.807) is 13.8 Å². The number of Topliss-reactive ketones (excluding diaryl/α,β-unsaturated/α-hetero) is 1. The molecule has 0 amide bonds. The number of ketones is 1. The maximum atomic E-state index is 14.4. The highest BCUT2D eigenvalue weighted by Gasteiger charge is 2.71. The van der Waals surface area contributed by atoms with Gasteiger partial charge in [0.05, 0.1) is 24.2 Å². The molecule has 2 aromatic rings. The molecule has 7 rings (SSSR count). The van der Waals surface area contributed by atoms with Crippen LogP contribution in [0.1, 0.15) is 138 Å². The van der Waals surface area contributed by atoms with Crippen LogP contribution in [0.3, 0.4) is 0 Å². The molecule has 12 nitrogen and oxygen atoms in total. The van der Waals surface area contributed by atoms with Crippen molar-refractivity contribution in [3.8, 4) is 11.6 Å². The summed E-state index contributed by atoms with van der Waals surface area (Å²) in [6, 6.07) is 0. The van der Waals surface area contributed by atoms with Crippen LogP contribution in [0.15, 0.2) is 23.5 Å². The van der Waals surface area contributed by atoms with Crippen molar-refractivity contribution in [2.45, 2.75) is 145 Å². The Labute approximate surface area is 342 Å². The van der Waals surface area contributed by atoms with Gasteiger partial charge in [-0.05, 0) is 123 Å². The van der Waals surface area contributed by atoms with Gasteiger partial charge in [0.15, 0.2) is 23.2 Å². The molecule has 4 fully saturated rings. The monoisotopic (exact) mass is 804 g/mol. The summed E-state index contributed by atoms with van der Waals surface area (Å²) in [7, 11) is 1.85. The van der Waals surface area contributed by atoms with Crippen molar-refractivity contribution in [3.63, 3.8) is 0 Å². The van der Waals surface area contributed by atoms with Crippen molar-refractivity contribution < 1.29 is 33.7 Å². The number of halogens is 1. The van der Waals surface area contributed by atoms with Crippen LogP contribution in [-0.2, 0) is 25.7 Å². The minimum Gasteiger partial charge on any atom is -0.481 e. The van der Waals surface area contributed by atoms with Crippen LogP contribution in [0.5, 0.6) is 0 Å². The number of aromatic nitrogens is 5. The normalized spacial score (nSPS) is 34.9. The predicted octanol–water partition coefficient (Wildman–Crippen LogP) is 7.52. The topological polar surface area (TPSA) is 169 Å². The second-order valence-corrected chi connectivity index (χ2v) is 20.8. The molecule has 0 radical (unpaired) electrons. The number of aliphatic hydroxyl groups excluding tert-OH is 1. The second-order valence-electron chi connectivity index (χ2n) is 20.8. The molecule has 0 spiro atoms. The van der Waals surface area contributed by atoms with E-state index < -0.39 is 34.7 Å². The van der Waals surface area contributed by atoms with E-state index in [9.17, 15) is 29.0 Å². The van der Waals surface area contributed by atoms with Crippen molar-refractivity contribution in [1.82, 2.24) is 30.0 Å². The highest BCUT2D eigenvalue weighted by Crippen LogP contribution is 2.77. The number of hydrogen-bond donors (Lipinski definition) is 3. The molecule has 0 bridgehead atoms. The highest BCUT2D eigenvalue weighted by atomic mass is 19.1. The van der Waals surface area contributed by atoms with E-state index in [-0.39, 0.29) is 64.0 Å². The SMILES string of the molecule is CNCCn1c(-c2ncc(F)cn2)nnc1[C@@H](O)[C@@]12CC[C@]3(C)[C@H](CC[C@@H]4[C@@]5(C)CC[C@H](OC(=O)CC(C)(C)C(=O)O)C(C)(C)[C@@H]5CC[C@]43C)C1=C(C(C)C)C(=O)C2. The number of aliphatic carboxylic acids is 1. The fourth-order valence-electron chi connectivity index (χ4n) is 13.6. The van der Waals surface area contributed by atoms with Crippen LogP contribution >= 0.6 is 0 Å². The molecule has 3 N–H and O–H groups in total. The number of rotatable bonds is 11. The van der Waals surface area contributed by atoms with Gasteiger partial charge in [0, 0.05) is 30.3 Å². The number of hydrogen-bond acceptors (Lipinski definition) is 10. The molecule has 0 aliphatic heterocycles. The van der Waals surface area contributed by atoms with E-state index in [2.05, 4.69) is 73.9 Å². The van der Waals surface area contributed by atoms with Gasteiger partial charge in [0.2, 0.25) is 5.82 Å². The van der Waals surface area contributed by atoms with Crippen LogP contribution in [-0.4, -0.2) is 72.4 Å². The van der Waals surface area contributed by atoms with Gasteiger partial charge in [-0.1, -0.05) is 48.5 Å². The summed E-state index contributed by atoms with van der Waals surface area (Å²) in [6.07, 6.45) is 7.91. The minimum atomic E-state index is -1.19. The first-order valence-electron chi connectivity index (χ1n) is 21.5. The molecule has 5 aliphatic rings. The van der Waals surface area contributed by atoms with E-state index in [0.29, 0.717) is 43.0 Å². The lowest BCUT2D eigenvalue weighted by Gasteiger charge is -2.72. The lowest BCUT2D eigenvalue weighted by molar-refractivity contribution is -0.235. The zero-order valence-electron chi connectivity index (χ0n) is 36.2. The third kappa shape index (κ3) is 6.29. The summed E-state index contributed by atoms with van der Waals surface area (Å²) >= 11 is 0. The number of carbonyl (C=O) groups excluding carboxylic acids is 2. The van der Waals surface area contributed by atoms with Gasteiger partial charge < -0.3 is 24.8 Å². The molecule has 318 valence electrons. The highest BCUT2D eigenvalue weighted by molar-refractivity contribution is 6.00. The van der Waals surface area contributed by atoms with E-state index in [1.807, 2.05) is 11.6 Å². The largest absolute Gasteiger partial charge is 0.481 e. The fraction of sp³-hybridized carbons (Fsp3) is 0.756. The molecule has 0 saturated heterocycles. The van der Waals surface area contributed by atoms with Crippen molar-refractivity contribution in [2.24, 2.45) is 56.2 Å². The number of ether oxygens (including phenoxy) is 1. The molecular weight excluding hydrogens is 740 g/mol. The molecule has 5 aliphatic carbocycles. The van der Waals surface area contributed by atoms with Crippen LogP contribution in [0.4, 0.5) is 4.39 Å². The Bertz CT molecular complexity index is 1990. The third-order valence-corrected chi connectivity index (χ3v) is 16.8. The number of allylic oxidation sites excluding steroid dienone is 1. The second kappa shape index (κ2) is 14.6. The number of likely N-dealkylation sites (N-methyl/N-ethyl adjacent to an activating group) is 1. The predicted molar refractivity (Wildman–Crippen MR) is 215 cm³/mol. The lowest BCUT2D eigenvalue weighted by Crippen LogP contribution is -2.66. The fourth-order valence-corrected chi connectivity index (χ4v) is 13.6. The van der Waals surface area contributed by atoms with Gasteiger partial charge >= 0.3 is 11.9 Å². The summed E-state index contributed by atoms with van der Waals surface area (Å²) in [5.41, 5.74) is -0.535. The molecule has 0 aromatic carbocycles. The average Bonchev–Trinajstić information content (AvgIpc) is 3.70. The van der Waals surface area contributed by atoms with Gasteiger partial charge in [-0.3, -0.25) is 14.4 Å². The molecule has 4 saturated carbocycles. The number of carboxylic acids is 1. The zero-order valence-corrected chi connectivity index (χ0v) is 36.2. The third-order valence-electron chi connectivity index (χ3n) is 16.8. The number of nitrogens with one attached hydrogen (secondary N) is 1. The van der Waals surface area contributed by atoms with Gasteiger partial charge in [-0.25, -0.2) is 14.4 Å². The number of fused-ring (bicyclic) bond motifs is 7. The molecular formula is C45H65FN6O6. The standard InChI is InChI=1S/C45H65FN6O6/c1-25(2)33-28(53)21-45(35(55)37-50-51-38(52(37)20-19-47-10)36-48-23-26(46)24-49-36)18-17-43(8)27(34(33)45)11-12-30-42(7)15-14-31(58-32(54)22-40(3,4)39(56)57)41(5,6)29(42)13-16-44(30,43)9/h23-25,27,29-31,35,47,55H,11-22H2,1-10H3,(H,56,57)/t27-,29+,30-,31+,35-,42+,43-,44-,45-/m1/s1. The average molecular weight is 805 g/mol. The Balaban J connectivity index is 1.22. The summed E-state index contributed by atoms with van der Waals surface area (Å²) < 4.78 is 21.8. The molecule has 2 aromatic heterocycles. The molecule has 2 heterocycles. The van der Waals surface area contributed by atoms with Crippen LogP contribution < -0.4 is 5.32 Å². The molecule has 13 heteroatoms. The zero-order chi connectivity index (χ0) is 42.4. The van der Waals surface area contributed by atoms with Crippen LogP contribution in [0, 0.1) is 62.0 Å². The maximum absolute atomic E-state index is 14.4. The van der Waals surface area contributed by atoms with Crippen LogP contribution in [0.25, 0.3) is 11.6 Å². The Hall–Kier alpha value is -3.58. The van der Waals surface area contributed by atoms with Gasteiger partial charge in [0.1, 0.15) is 12.2 Å². The lowest BCUT2D eigenvalue weighted by atomic mass is 9.33. The summed E-state index contributed by atoms with van der Waals surface area (Å²) in [4.78, 5) is 47.7. The number of nitrogens with zero attached hydrogens (tertiary/aromatic N) is 5. The van der Waals surface area contributed by atoms with Gasteiger partial charge in [-0.2, -0.15) is 0 Å². The van der Waals surface area contributed by atoms with Gasteiger partial charge in [0.25, 0.3) is 0 Å². The Morgan fingerprint density at radius 2 is 1.67 bits per heavy atom. The molecule has 58 heavy (non-hydrogen) atoms. The van der Waals surface area contributed by atoms with E-state index >= 15 is 0 Å². The Kier molecular flexibility index (Phi) is 10.7. The number of esters is 1. The quantitative estimate of drug-likeness (QED) is 0.192. The van der Waals surface area contributed by atoms with Gasteiger partial charge in [-0.15, -0.1) is 10.2 Å². The smallest absolute Gasteiger partial charge is 0.309 e. The minimum absolute atomic E-state index is 0.00884. The van der Waals surface area contributed by atoms with Crippen molar-refractivity contribution in [2.75, 3.05) is 13.6 Å². The van der Waals surface area contributed by atoms with E-state index in [4.69, 9.17) is 4.74 Å². The number of carbonyl (C=O) groups is 3. The van der Waals surface area contributed by atoms with Crippen molar-refractivity contribution >= 4 is 17.7 Å². The molecule has 9 atom stereocenters. The molecule has 0 unspecified atom stereocenters. The van der Waals surface area contributed by atoms with E-state index in [1.165, 1.54) is 0 Å². The summed E-state index contributed by atoms with van der Waals surface area (Å²) in [6.45, 7) is 20.3. The Morgan fingerprint density at radius 3 is 2.31 bits per heavy atom. The van der Waals surface area contributed by atoms with Crippen LogP contribution in [0.2, 0.25) is 0 Å². The maximum Gasteiger partial charge on any atom is 0.309 e. The first kappa shape index (κ1) is 42.5. The summed E-state index contributed by atoms with van der Waals surface area (Å²) in [5.74, 6) is -0.181. The van der Waals surface area contributed by atoms with Crippen molar-refractivity contribution in [3.05, 3.63) is 35.2 Å².